The Hall–Kier alpha value is -4.80. The van der Waals surface area contributed by atoms with Crippen LogP contribution < -0.4 is 16.2 Å². The van der Waals surface area contributed by atoms with E-state index in [1.807, 2.05) is 6.07 Å². The number of fused-ring (bicyclic) bond motifs is 1. The van der Waals surface area contributed by atoms with Crippen molar-refractivity contribution in [1.82, 2.24) is 4.90 Å². The smallest absolute Gasteiger partial charge is 0.255 e. The van der Waals surface area contributed by atoms with Crippen LogP contribution in [-0.4, -0.2) is 31.0 Å². The summed E-state index contributed by atoms with van der Waals surface area (Å²) in [5, 5.41) is 16.0. The first-order chi connectivity index (χ1) is 18.6. The van der Waals surface area contributed by atoms with E-state index >= 15 is 0 Å². The molecular weight excluding hydrogens is 514 g/mol. The second-order valence-electron chi connectivity index (χ2n) is 9.12. The third-order valence-corrected chi connectivity index (χ3v) is 7.49. The van der Waals surface area contributed by atoms with Crippen molar-refractivity contribution in [2.45, 2.75) is 17.0 Å². The van der Waals surface area contributed by atoms with Crippen LogP contribution in [0.15, 0.2) is 108 Å². The topological polar surface area (TPSA) is 159 Å². The fourth-order valence-electron chi connectivity index (χ4n) is 4.85. The van der Waals surface area contributed by atoms with Crippen LogP contribution in [0.4, 0.5) is 5.69 Å². The monoisotopic (exact) mass is 539 g/mol. The van der Waals surface area contributed by atoms with Gasteiger partial charge in [-0.1, -0.05) is 72.8 Å². The molecule has 4 aromatic carbocycles. The van der Waals surface area contributed by atoms with Crippen LogP contribution in [0.25, 0.3) is 0 Å². The van der Waals surface area contributed by atoms with E-state index in [1.165, 1.54) is 17.0 Å². The van der Waals surface area contributed by atoms with Crippen LogP contribution in [0.2, 0.25) is 0 Å². The number of carbonyl (C=O) groups excluding carboxylic acids is 2. The summed E-state index contributed by atoms with van der Waals surface area (Å²) >= 11 is 0. The molecule has 0 aliphatic carbocycles. The molecule has 0 fully saturated rings. The Morgan fingerprint density at radius 1 is 0.897 bits per heavy atom. The van der Waals surface area contributed by atoms with Crippen LogP contribution in [-0.2, 0) is 14.8 Å². The SMILES string of the molecule is N=C(N)c1cccc(NC(=O)C(c2ccccc2)N2C(=O)c3ccccc3C2c2cccc(S(N)(=O)=O)c2)c1. The first-order valence-corrected chi connectivity index (χ1v) is 13.5. The van der Waals surface area contributed by atoms with Crippen molar-refractivity contribution in [1.29, 1.82) is 5.41 Å². The number of hydrogen-bond donors (Lipinski definition) is 4. The molecule has 1 heterocycles. The Morgan fingerprint density at radius 2 is 1.59 bits per heavy atom. The maximum Gasteiger partial charge on any atom is 0.255 e. The zero-order chi connectivity index (χ0) is 27.7. The Morgan fingerprint density at radius 3 is 2.31 bits per heavy atom. The number of rotatable bonds is 7. The Bertz CT molecular complexity index is 1710. The molecule has 2 atom stereocenters. The summed E-state index contributed by atoms with van der Waals surface area (Å²) in [6.07, 6.45) is 0. The highest BCUT2D eigenvalue weighted by Gasteiger charge is 2.44. The van der Waals surface area contributed by atoms with Gasteiger partial charge in [0, 0.05) is 16.8 Å². The van der Waals surface area contributed by atoms with E-state index in [1.54, 1.807) is 84.9 Å². The number of sulfonamides is 1. The van der Waals surface area contributed by atoms with E-state index in [9.17, 15) is 18.0 Å². The minimum absolute atomic E-state index is 0.0986. The molecule has 0 aromatic heterocycles. The molecule has 0 saturated carbocycles. The van der Waals surface area contributed by atoms with Gasteiger partial charge in [0.05, 0.1) is 10.9 Å². The van der Waals surface area contributed by atoms with Crippen LogP contribution in [0.3, 0.4) is 0 Å². The van der Waals surface area contributed by atoms with Crippen molar-refractivity contribution in [2.75, 3.05) is 5.32 Å². The summed E-state index contributed by atoms with van der Waals surface area (Å²) in [6, 6.07) is 26.7. The molecular formula is C29H25N5O4S. The Kier molecular flexibility index (Phi) is 6.73. The largest absolute Gasteiger partial charge is 0.384 e. The molecule has 2 unspecified atom stereocenters. The number of nitrogens with one attached hydrogen (secondary N) is 2. The number of nitrogen functional groups attached to an aromatic ring is 1. The molecule has 0 bridgehead atoms. The Balaban J connectivity index is 1.65. The van der Waals surface area contributed by atoms with Crippen LogP contribution in [0.5, 0.6) is 0 Å². The van der Waals surface area contributed by atoms with Gasteiger partial charge in [-0.05, 0) is 47.0 Å². The minimum atomic E-state index is -4.01. The van der Waals surface area contributed by atoms with E-state index in [4.69, 9.17) is 16.3 Å². The lowest BCUT2D eigenvalue weighted by atomic mass is 9.96. The number of nitrogens with zero attached hydrogens (tertiary/aromatic N) is 1. The molecule has 1 aliphatic heterocycles. The molecule has 1 aliphatic rings. The second kappa shape index (κ2) is 10.2. The molecule has 5 rings (SSSR count). The molecule has 0 saturated heterocycles. The average Bonchev–Trinajstić information content (AvgIpc) is 3.21. The number of nitrogens with two attached hydrogens (primary N) is 2. The molecule has 39 heavy (non-hydrogen) atoms. The first-order valence-electron chi connectivity index (χ1n) is 12.0. The molecule has 6 N–H and O–H groups in total. The highest BCUT2D eigenvalue weighted by Crippen LogP contribution is 2.44. The van der Waals surface area contributed by atoms with E-state index in [0.717, 1.165) is 0 Å². The number of anilines is 1. The van der Waals surface area contributed by atoms with Gasteiger partial charge in [-0.15, -0.1) is 0 Å². The van der Waals surface area contributed by atoms with Crippen LogP contribution in [0, 0.1) is 5.41 Å². The van der Waals surface area contributed by atoms with Crippen molar-refractivity contribution < 1.29 is 18.0 Å². The summed E-state index contributed by atoms with van der Waals surface area (Å²) < 4.78 is 24.3. The van der Waals surface area contributed by atoms with Gasteiger partial charge in [0.25, 0.3) is 11.8 Å². The Labute approximate surface area is 225 Å². The van der Waals surface area contributed by atoms with Gasteiger partial charge in [0.15, 0.2) is 0 Å². The lowest BCUT2D eigenvalue weighted by Gasteiger charge is -2.33. The van der Waals surface area contributed by atoms with Gasteiger partial charge in [0.2, 0.25) is 10.0 Å². The number of amides is 2. The molecule has 0 radical (unpaired) electrons. The predicted octanol–water partition coefficient (Wildman–Crippen LogP) is 3.54. The molecule has 0 spiro atoms. The maximum atomic E-state index is 14.0. The summed E-state index contributed by atoms with van der Waals surface area (Å²) in [7, 11) is -4.01. The molecule has 196 valence electrons. The normalized spacial score (nSPS) is 15.5. The van der Waals surface area contributed by atoms with Gasteiger partial charge in [-0.25, -0.2) is 13.6 Å². The van der Waals surface area contributed by atoms with Gasteiger partial charge in [0.1, 0.15) is 11.9 Å². The number of primary sulfonamides is 1. The fourth-order valence-corrected chi connectivity index (χ4v) is 5.42. The van der Waals surface area contributed by atoms with Gasteiger partial charge in [-0.3, -0.25) is 15.0 Å². The molecule has 10 heteroatoms. The van der Waals surface area contributed by atoms with Crippen molar-refractivity contribution in [3.8, 4) is 0 Å². The summed E-state index contributed by atoms with van der Waals surface area (Å²) in [4.78, 5) is 29.3. The van der Waals surface area contributed by atoms with Crippen molar-refractivity contribution in [3.63, 3.8) is 0 Å². The second-order valence-corrected chi connectivity index (χ2v) is 10.7. The predicted molar refractivity (Wildman–Crippen MR) is 148 cm³/mol. The lowest BCUT2D eigenvalue weighted by molar-refractivity contribution is -0.121. The summed E-state index contributed by atoms with van der Waals surface area (Å²) in [5.41, 5.74) is 8.57. The number of amidine groups is 1. The van der Waals surface area contributed by atoms with Gasteiger partial charge >= 0.3 is 0 Å². The van der Waals surface area contributed by atoms with E-state index in [-0.39, 0.29) is 16.6 Å². The third kappa shape index (κ3) is 5.02. The van der Waals surface area contributed by atoms with Crippen LogP contribution in [0.1, 0.15) is 44.7 Å². The fraction of sp³-hybridized carbons (Fsp3) is 0.0690. The van der Waals surface area contributed by atoms with E-state index in [2.05, 4.69) is 5.32 Å². The summed E-state index contributed by atoms with van der Waals surface area (Å²) in [5.74, 6) is -1.01. The number of hydrogen-bond acceptors (Lipinski definition) is 5. The molecule has 9 nitrogen and oxygen atoms in total. The lowest BCUT2D eigenvalue weighted by Crippen LogP contribution is -2.40. The number of carbonyl (C=O) groups is 2. The van der Waals surface area contributed by atoms with Gasteiger partial charge in [-0.2, -0.15) is 0 Å². The van der Waals surface area contributed by atoms with Crippen LogP contribution >= 0.6 is 0 Å². The molecule has 4 aromatic rings. The van der Waals surface area contributed by atoms with Gasteiger partial charge < -0.3 is 16.0 Å². The van der Waals surface area contributed by atoms with E-state index < -0.39 is 28.0 Å². The molecule has 2 amide bonds. The van der Waals surface area contributed by atoms with E-state index in [0.29, 0.717) is 33.5 Å². The highest BCUT2D eigenvalue weighted by molar-refractivity contribution is 7.89. The number of benzene rings is 4. The van der Waals surface area contributed by atoms with Crippen molar-refractivity contribution in [3.05, 3.63) is 131 Å². The minimum Gasteiger partial charge on any atom is -0.384 e. The first kappa shape index (κ1) is 25.8. The third-order valence-electron chi connectivity index (χ3n) is 6.58. The summed E-state index contributed by atoms with van der Waals surface area (Å²) in [6.45, 7) is 0. The zero-order valence-corrected chi connectivity index (χ0v) is 21.4. The average molecular weight is 540 g/mol. The van der Waals surface area contributed by atoms with Crippen molar-refractivity contribution >= 4 is 33.4 Å². The maximum absolute atomic E-state index is 14.0. The standard InChI is InChI=1S/C29H25N5O4S/c30-27(31)20-11-6-12-21(16-20)33-28(35)26(18-8-2-1-3-9-18)34-25(23-14-4-5-15-24(23)29(34)36)19-10-7-13-22(17-19)39(32,37)38/h1-17,25-26H,(H3,30,31)(H,33,35)(H2,32,37,38). The highest BCUT2D eigenvalue weighted by atomic mass is 32.2. The quantitative estimate of drug-likeness (QED) is 0.208. The van der Waals surface area contributed by atoms with Crippen molar-refractivity contribution in [2.24, 2.45) is 10.9 Å². The zero-order valence-electron chi connectivity index (χ0n) is 20.6.